The Bertz CT molecular complexity index is 558. The Morgan fingerprint density at radius 2 is 2.05 bits per heavy atom. The van der Waals surface area contributed by atoms with Crippen molar-refractivity contribution in [3.63, 3.8) is 0 Å². The largest absolute Gasteiger partial charge is 0.227 e. The Kier molecular flexibility index (Phi) is 5.40. The first-order chi connectivity index (χ1) is 9.17. The van der Waals surface area contributed by atoms with Gasteiger partial charge in [-0.15, -0.1) is 11.8 Å². The highest BCUT2D eigenvalue weighted by atomic mass is 79.9. The van der Waals surface area contributed by atoms with Crippen LogP contribution >= 0.6 is 27.7 Å². The smallest absolute Gasteiger partial charge is 0.130 e. The van der Waals surface area contributed by atoms with Gasteiger partial charge in [0, 0.05) is 18.2 Å². The molecule has 0 aliphatic heterocycles. The maximum absolute atomic E-state index is 4.58. The van der Waals surface area contributed by atoms with Crippen molar-refractivity contribution >= 4 is 27.7 Å². The molecule has 1 aromatic carbocycles. The first-order valence-corrected chi connectivity index (χ1v) is 8.17. The van der Waals surface area contributed by atoms with Gasteiger partial charge in [0.2, 0.25) is 0 Å². The molecule has 0 spiro atoms. The van der Waals surface area contributed by atoms with E-state index in [1.165, 1.54) is 11.1 Å². The number of hydrogen-bond acceptors (Lipinski definition) is 3. The van der Waals surface area contributed by atoms with Crippen LogP contribution in [0.15, 0.2) is 40.0 Å². The molecular formula is C15H17BrN2S. The van der Waals surface area contributed by atoms with Crippen LogP contribution in [0.2, 0.25) is 0 Å². The van der Waals surface area contributed by atoms with Gasteiger partial charge in [0.25, 0.3) is 0 Å². The van der Waals surface area contributed by atoms with Crippen molar-refractivity contribution in [1.29, 1.82) is 0 Å². The number of nitrogens with zero attached hydrogens (tertiary/aromatic N) is 2. The molecule has 100 valence electrons. The third-order valence-electron chi connectivity index (χ3n) is 2.66. The molecule has 19 heavy (non-hydrogen) atoms. The molecule has 0 aliphatic rings. The monoisotopic (exact) mass is 336 g/mol. The van der Waals surface area contributed by atoms with Crippen LogP contribution in [-0.4, -0.2) is 9.97 Å². The highest BCUT2D eigenvalue weighted by Gasteiger charge is 2.04. The Morgan fingerprint density at radius 3 is 2.79 bits per heavy atom. The number of hydrogen-bond donors (Lipinski definition) is 0. The fourth-order valence-corrected chi connectivity index (χ4v) is 3.24. The maximum Gasteiger partial charge on any atom is 0.130 e. The first-order valence-electron chi connectivity index (χ1n) is 6.39. The van der Waals surface area contributed by atoms with Crippen LogP contribution in [0.3, 0.4) is 0 Å². The van der Waals surface area contributed by atoms with Gasteiger partial charge in [-0.3, -0.25) is 0 Å². The zero-order valence-electron chi connectivity index (χ0n) is 11.2. The fraction of sp³-hybridized carbons (Fsp3) is 0.333. The Morgan fingerprint density at radius 1 is 1.21 bits per heavy atom. The van der Waals surface area contributed by atoms with E-state index in [0.717, 1.165) is 34.0 Å². The maximum atomic E-state index is 4.58. The van der Waals surface area contributed by atoms with E-state index in [9.17, 15) is 0 Å². The second kappa shape index (κ2) is 7.06. The lowest BCUT2D eigenvalue weighted by Crippen LogP contribution is -1.96. The van der Waals surface area contributed by atoms with Crippen molar-refractivity contribution in [2.45, 2.75) is 37.5 Å². The summed E-state index contributed by atoms with van der Waals surface area (Å²) in [5.41, 5.74) is 2.63. The summed E-state index contributed by atoms with van der Waals surface area (Å²) in [6, 6.07) is 10.6. The van der Waals surface area contributed by atoms with E-state index >= 15 is 0 Å². The molecule has 1 heterocycles. The van der Waals surface area contributed by atoms with Gasteiger partial charge in [-0.05, 0) is 34.8 Å². The molecule has 1 aromatic heterocycles. The average Bonchev–Trinajstić information content (AvgIpc) is 2.36. The summed E-state index contributed by atoms with van der Waals surface area (Å²) >= 11 is 5.21. The Labute approximate surface area is 127 Å². The minimum Gasteiger partial charge on any atom is -0.227 e. The molecule has 2 nitrogen and oxygen atoms in total. The van der Waals surface area contributed by atoms with E-state index in [0.29, 0.717) is 0 Å². The molecule has 4 heteroatoms. The Hall–Kier alpha value is -0.870. The molecule has 0 saturated heterocycles. The minimum absolute atomic E-state index is 0.873. The normalized spacial score (nSPS) is 10.7. The highest BCUT2D eigenvalue weighted by molar-refractivity contribution is 9.10. The lowest BCUT2D eigenvalue weighted by molar-refractivity contribution is 0.803. The molecule has 0 radical (unpaired) electrons. The van der Waals surface area contributed by atoms with Gasteiger partial charge < -0.3 is 0 Å². The van der Waals surface area contributed by atoms with Crippen LogP contribution in [0.25, 0.3) is 0 Å². The number of aryl methyl sites for hydroxylation is 2. The zero-order chi connectivity index (χ0) is 13.7. The van der Waals surface area contributed by atoms with Crippen molar-refractivity contribution in [3.8, 4) is 0 Å². The summed E-state index contributed by atoms with van der Waals surface area (Å²) in [6.07, 6.45) is 2.00. The molecule has 0 bridgehead atoms. The van der Waals surface area contributed by atoms with Crippen molar-refractivity contribution in [1.82, 2.24) is 9.97 Å². The lowest BCUT2D eigenvalue weighted by atomic mass is 10.2. The second-order valence-corrected chi connectivity index (χ2v) is 6.28. The van der Waals surface area contributed by atoms with Crippen molar-refractivity contribution in [3.05, 3.63) is 51.9 Å². The minimum atomic E-state index is 0.873. The quantitative estimate of drug-likeness (QED) is 0.579. The van der Waals surface area contributed by atoms with Crippen LogP contribution in [0.5, 0.6) is 0 Å². The van der Waals surface area contributed by atoms with E-state index in [2.05, 4.69) is 64.0 Å². The van der Waals surface area contributed by atoms with Crippen LogP contribution in [0, 0.1) is 6.92 Å². The first kappa shape index (κ1) is 14.5. The van der Waals surface area contributed by atoms with Gasteiger partial charge >= 0.3 is 0 Å². The summed E-state index contributed by atoms with van der Waals surface area (Å²) in [4.78, 5) is 8.97. The highest BCUT2D eigenvalue weighted by Crippen LogP contribution is 2.23. The molecule has 2 rings (SSSR count). The van der Waals surface area contributed by atoms with Crippen LogP contribution in [0.4, 0.5) is 0 Å². The SMILES string of the molecule is CCCc1nc(Br)cc(SCc2cccc(C)c2)n1. The zero-order valence-corrected chi connectivity index (χ0v) is 13.6. The fourth-order valence-electron chi connectivity index (χ4n) is 1.81. The summed E-state index contributed by atoms with van der Waals surface area (Å²) in [5.74, 6) is 1.86. The molecular weight excluding hydrogens is 320 g/mol. The molecule has 0 amide bonds. The summed E-state index contributed by atoms with van der Waals surface area (Å²) in [5, 5.41) is 1.03. The van der Waals surface area contributed by atoms with Gasteiger partial charge in [-0.1, -0.05) is 36.8 Å². The van der Waals surface area contributed by atoms with Gasteiger partial charge in [-0.2, -0.15) is 0 Å². The van der Waals surface area contributed by atoms with Crippen LogP contribution in [-0.2, 0) is 12.2 Å². The summed E-state index contributed by atoms with van der Waals surface area (Å²) in [7, 11) is 0. The van der Waals surface area contributed by atoms with Gasteiger partial charge in [0.1, 0.15) is 15.5 Å². The lowest BCUT2D eigenvalue weighted by Gasteiger charge is -2.05. The molecule has 0 fully saturated rings. The third-order valence-corrected chi connectivity index (χ3v) is 4.05. The number of benzene rings is 1. The van der Waals surface area contributed by atoms with Crippen LogP contribution < -0.4 is 0 Å². The van der Waals surface area contributed by atoms with Gasteiger partial charge in [0.15, 0.2) is 0 Å². The van der Waals surface area contributed by atoms with E-state index in [4.69, 9.17) is 0 Å². The molecule has 0 atom stereocenters. The van der Waals surface area contributed by atoms with E-state index in [1.54, 1.807) is 11.8 Å². The predicted molar refractivity (Wildman–Crippen MR) is 84.5 cm³/mol. The molecule has 0 N–H and O–H groups in total. The van der Waals surface area contributed by atoms with E-state index in [-0.39, 0.29) is 0 Å². The Balaban J connectivity index is 2.06. The van der Waals surface area contributed by atoms with Crippen molar-refractivity contribution < 1.29 is 0 Å². The van der Waals surface area contributed by atoms with Gasteiger partial charge in [0.05, 0.1) is 0 Å². The van der Waals surface area contributed by atoms with Crippen molar-refractivity contribution in [2.75, 3.05) is 0 Å². The van der Waals surface area contributed by atoms with Crippen LogP contribution in [0.1, 0.15) is 30.3 Å². The molecule has 0 unspecified atom stereocenters. The summed E-state index contributed by atoms with van der Waals surface area (Å²) < 4.78 is 0.873. The molecule has 0 aliphatic carbocycles. The number of aromatic nitrogens is 2. The average molecular weight is 337 g/mol. The van der Waals surface area contributed by atoms with Crippen molar-refractivity contribution in [2.24, 2.45) is 0 Å². The van der Waals surface area contributed by atoms with Gasteiger partial charge in [-0.25, -0.2) is 9.97 Å². The van der Waals surface area contributed by atoms with E-state index < -0.39 is 0 Å². The third kappa shape index (κ3) is 4.62. The second-order valence-electron chi connectivity index (χ2n) is 4.47. The summed E-state index contributed by atoms with van der Waals surface area (Å²) in [6.45, 7) is 4.26. The number of rotatable bonds is 5. The number of halogens is 1. The number of thioether (sulfide) groups is 1. The standard InChI is InChI=1S/C15H17BrN2S/c1-3-5-14-17-13(16)9-15(18-14)19-10-12-7-4-6-11(2)8-12/h4,6-9H,3,5,10H2,1-2H3. The van der Waals surface area contributed by atoms with E-state index in [1.807, 2.05) is 6.07 Å². The topological polar surface area (TPSA) is 25.8 Å². The molecule has 2 aromatic rings. The predicted octanol–water partition coefficient (Wildman–Crippen LogP) is 4.79. The molecule has 0 saturated carbocycles.